The molecule has 0 radical (unpaired) electrons. The lowest BCUT2D eigenvalue weighted by Gasteiger charge is -2.23. The third-order valence-electron chi connectivity index (χ3n) is 3.24. The van der Waals surface area contributed by atoms with Crippen LogP contribution in [0.4, 0.5) is 0 Å². The van der Waals surface area contributed by atoms with Gasteiger partial charge in [0.15, 0.2) is 0 Å². The smallest absolute Gasteiger partial charge is 0.252 e. The molecule has 5 nitrogen and oxygen atoms in total. The standard InChI is InChI=1S/C13H18Cl2N2O3S/c1-4-13(2,3)7-17-12(18)9-5-8(14)6-10(11(9)15)21(16,19)20/h5-6H,4,7H2,1-3H3,(H,17,18)(H2,16,19,20). The summed E-state index contributed by atoms with van der Waals surface area (Å²) in [4.78, 5) is 11.8. The van der Waals surface area contributed by atoms with Gasteiger partial charge in [-0.1, -0.05) is 44.0 Å². The van der Waals surface area contributed by atoms with Gasteiger partial charge in [-0.15, -0.1) is 0 Å². The van der Waals surface area contributed by atoms with E-state index in [1.54, 1.807) is 0 Å². The van der Waals surface area contributed by atoms with Crippen molar-refractivity contribution in [3.63, 3.8) is 0 Å². The van der Waals surface area contributed by atoms with Gasteiger partial charge in [-0.05, 0) is 24.0 Å². The molecule has 8 heteroatoms. The van der Waals surface area contributed by atoms with Crippen molar-refractivity contribution >= 4 is 39.1 Å². The summed E-state index contributed by atoms with van der Waals surface area (Å²) in [5, 5.41) is 7.62. The van der Waals surface area contributed by atoms with Gasteiger partial charge in [0.2, 0.25) is 10.0 Å². The molecule has 0 bridgehead atoms. The van der Waals surface area contributed by atoms with Crippen molar-refractivity contribution in [2.75, 3.05) is 6.54 Å². The number of benzene rings is 1. The van der Waals surface area contributed by atoms with E-state index in [0.29, 0.717) is 6.54 Å². The summed E-state index contributed by atoms with van der Waals surface area (Å²) < 4.78 is 22.9. The number of hydrogen-bond acceptors (Lipinski definition) is 3. The number of hydrogen-bond donors (Lipinski definition) is 2. The molecule has 1 amide bonds. The number of carbonyl (C=O) groups excluding carboxylic acids is 1. The first-order chi connectivity index (χ1) is 9.48. The third kappa shape index (κ3) is 4.85. The number of carbonyl (C=O) groups is 1. The average molecular weight is 353 g/mol. The van der Waals surface area contributed by atoms with Crippen molar-refractivity contribution in [2.45, 2.75) is 32.1 Å². The fraction of sp³-hybridized carbons (Fsp3) is 0.462. The highest BCUT2D eigenvalue weighted by atomic mass is 35.5. The molecule has 0 spiro atoms. The molecule has 21 heavy (non-hydrogen) atoms. The number of halogens is 2. The first-order valence-electron chi connectivity index (χ1n) is 6.28. The molecule has 0 aliphatic carbocycles. The zero-order valence-corrected chi connectivity index (χ0v) is 14.4. The Morgan fingerprint density at radius 3 is 2.38 bits per heavy atom. The average Bonchev–Trinajstić information content (AvgIpc) is 2.37. The van der Waals surface area contributed by atoms with Gasteiger partial charge < -0.3 is 5.32 Å². The summed E-state index contributed by atoms with van der Waals surface area (Å²) in [6, 6.07) is 2.43. The minimum absolute atomic E-state index is 0.0138. The zero-order valence-electron chi connectivity index (χ0n) is 12.0. The van der Waals surface area contributed by atoms with Crippen molar-refractivity contribution in [3.05, 3.63) is 27.7 Å². The van der Waals surface area contributed by atoms with Crippen LogP contribution >= 0.6 is 23.2 Å². The minimum Gasteiger partial charge on any atom is -0.351 e. The number of sulfonamides is 1. The maximum atomic E-state index is 12.2. The normalized spacial score (nSPS) is 12.3. The summed E-state index contributed by atoms with van der Waals surface area (Å²) in [7, 11) is -4.06. The van der Waals surface area contributed by atoms with Crippen molar-refractivity contribution in [1.82, 2.24) is 5.32 Å². The van der Waals surface area contributed by atoms with Crippen molar-refractivity contribution < 1.29 is 13.2 Å². The van der Waals surface area contributed by atoms with E-state index in [2.05, 4.69) is 5.32 Å². The highest BCUT2D eigenvalue weighted by Gasteiger charge is 2.23. The van der Waals surface area contributed by atoms with E-state index >= 15 is 0 Å². The van der Waals surface area contributed by atoms with E-state index in [1.165, 1.54) is 6.07 Å². The topological polar surface area (TPSA) is 89.3 Å². The predicted molar refractivity (Wildman–Crippen MR) is 84.2 cm³/mol. The van der Waals surface area contributed by atoms with Gasteiger partial charge in [0.25, 0.3) is 5.91 Å². The third-order valence-corrected chi connectivity index (χ3v) is 4.91. The number of amides is 1. The zero-order chi connectivity index (χ0) is 16.4. The fourth-order valence-corrected chi connectivity index (χ4v) is 2.93. The summed E-state index contributed by atoms with van der Waals surface area (Å²) in [5.74, 6) is -0.492. The van der Waals surface area contributed by atoms with Crippen molar-refractivity contribution in [1.29, 1.82) is 0 Å². The molecule has 0 fully saturated rings. The fourth-order valence-electron chi connectivity index (χ4n) is 1.48. The summed E-state index contributed by atoms with van der Waals surface area (Å²) in [5.41, 5.74) is -0.0937. The number of primary sulfonamides is 1. The van der Waals surface area contributed by atoms with Gasteiger partial charge >= 0.3 is 0 Å². The molecule has 118 valence electrons. The Labute approximate surface area is 134 Å². The molecular formula is C13H18Cl2N2O3S. The molecular weight excluding hydrogens is 335 g/mol. The van der Waals surface area contributed by atoms with Crippen LogP contribution in [0.5, 0.6) is 0 Å². The number of nitrogens with one attached hydrogen (secondary N) is 1. The second-order valence-corrected chi connectivity index (χ2v) is 7.86. The van der Waals surface area contributed by atoms with Crippen LogP contribution in [0.3, 0.4) is 0 Å². The lowest BCUT2D eigenvalue weighted by atomic mass is 9.90. The second-order valence-electron chi connectivity index (χ2n) is 5.51. The quantitative estimate of drug-likeness (QED) is 0.853. The molecule has 0 atom stereocenters. The van der Waals surface area contributed by atoms with Gasteiger partial charge in [-0.25, -0.2) is 13.6 Å². The lowest BCUT2D eigenvalue weighted by molar-refractivity contribution is 0.0935. The molecule has 0 aliphatic rings. The molecule has 1 rings (SSSR count). The Kier molecular flexibility index (Phi) is 5.66. The van der Waals surface area contributed by atoms with Crippen LogP contribution in [0.25, 0.3) is 0 Å². The van der Waals surface area contributed by atoms with Crippen LogP contribution in [0.15, 0.2) is 17.0 Å². The van der Waals surface area contributed by atoms with E-state index in [9.17, 15) is 13.2 Å². The van der Waals surface area contributed by atoms with Crippen LogP contribution in [0.1, 0.15) is 37.6 Å². The molecule has 1 aromatic carbocycles. The number of rotatable bonds is 5. The first kappa shape index (κ1) is 18.2. The first-order valence-corrected chi connectivity index (χ1v) is 8.58. The van der Waals surface area contributed by atoms with Crippen LogP contribution in [0, 0.1) is 5.41 Å². The minimum atomic E-state index is -4.06. The van der Waals surface area contributed by atoms with E-state index in [4.69, 9.17) is 28.3 Å². The molecule has 0 aromatic heterocycles. The summed E-state index contributed by atoms with van der Waals surface area (Å²) >= 11 is 11.8. The van der Waals surface area contributed by atoms with Gasteiger partial charge in [0.1, 0.15) is 4.90 Å². The highest BCUT2D eigenvalue weighted by molar-refractivity contribution is 7.89. The van der Waals surface area contributed by atoms with Crippen LogP contribution in [-0.4, -0.2) is 20.9 Å². The van der Waals surface area contributed by atoms with E-state index in [-0.39, 0.29) is 25.9 Å². The van der Waals surface area contributed by atoms with Gasteiger partial charge in [-0.2, -0.15) is 0 Å². The highest BCUT2D eigenvalue weighted by Crippen LogP contribution is 2.29. The summed E-state index contributed by atoms with van der Waals surface area (Å²) in [6.45, 7) is 6.44. The second kappa shape index (κ2) is 6.52. The predicted octanol–water partition coefficient (Wildman–Crippen LogP) is 2.81. The Bertz CT molecular complexity index is 658. The van der Waals surface area contributed by atoms with E-state index in [0.717, 1.165) is 12.5 Å². The SMILES string of the molecule is CCC(C)(C)CNC(=O)c1cc(Cl)cc(S(N)(=O)=O)c1Cl. The lowest BCUT2D eigenvalue weighted by Crippen LogP contribution is -2.34. The maximum Gasteiger partial charge on any atom is 0.252 e. The molecule has 1 aromatic rings. The van der Waals surface area contributed by atoms with Crippen LogP contribution < -0.4 is 10.5 Å². The summed E-state index contributed by atoms with van der Waals surface area (Å²) in [6.07, 6.45) is 0.874. The van der Waals surface area contributed by atoms with Crippen LogP contribution in [0.2, 0.25) is 10.0 Å². The molecule has 0 unspecified atom stereocenters. The van der Waals surface area contributed by atoms with Crippen molar-refractivity contribution in [2.24, 2.45) is 10.6 Å². The van der Waals surface area contributed by atoms with E-state index in [1.807, 2.05) is 20.8 Å². The molecule has 0 aliphatic heterocycles. The maximum absolute atomic E-state index is 12.2. The molecule has 0 saturated heterocycles. The molecule has 3 N–H and O–H groups in total. The Balaban J connectivity index is 3.14. The van der Waals surface area contributed by atoms with Gasteiger partial charge in [0, 0.05) is 11.6 Å². The van der Waals surface area contributed by atoms with Gasteiger partial charge in [0.05, 0.1) is 10.6 Å². The largest absolute Gasteiger partial charge is 0.351 e. The number of nitrogens with two attached hydrogens (primary N) is 1. The van der Waals surface area contributed by atoms with Gasteiger partial charge in [-0.3, -0.25) is 4.79 Å². The van der Waals surface area contributed by atoms with Crippen LogP contribution in [-0.2, 0) is 10.0 Å². The Morgan fingerprint density at radius 2 is 1.90 bits per heavy atom. The van der Waals surface area contributed by atoms with E-state index < -0.39 is 15.9 Å². The van der Waals surface area contributed by atoms with Crippen molar-refractivity contribution in [3.8, 4) is 0 Å². The Hall–Kier alpha value is -0.820. The Morgan fingerprint density at radius 1 is 1.33 bits per heavy atom. The molecule has 0 saturated carbocycles. The monoisotopic (exact) mass is 352 g/mol. The molecule has 0 heterocycles.